The summed E-state index contributed by atoms with van der Waals surface area (Å²) in [5.74, 6) is -0.485. The van der Waals surface area contributed by atoms with Crippen molar-refractivity contribution in [3.63, 3.8) is 0 Å². The van der Waals surface area contributed by atoms with E-state index in [1.54, 1.807) is 18.2 Å². The maximum atomic E-state index is 12.0. The van der Waals surface area contributed by atoms with E-state index in [2.05, 4.69) is 5.32 Å². The monoisotopic (exact) mass is 425 g/mol. The third-order valence-corrected chi connectivity index (χ3v) is 4.05. The van der Waals surface area contributed by atoms with E-state index < -0.39 is 15.9 Å². The Morgan fingerprint density at radius 1 is 1.12 bits per heavy atom. The fourth-order valence-corrected chi connectivity index (χ4v) is 2.53. The van der Waals surface area contributed by atoms with Crippen LogP contribution in [0.5, 0.6) is 5.75 Å². The zero-order valence-electron chi connectivity index (χ0n) is 12.3. The fraction of sp³-hybridized carbons (Fsp3) is 0.188. The molecule has 2 aromatic carbocycles. The summed E-state index contributed by atoms with van der Waals surface area (Å²) in [5.41, 5.74) is 1.65. The zero-order chi connectivity index (χ0) is 17.9. The molecule has 0 aliphatic heterocycles. The normalized spacial score (nSPS) is 12.6. The minimum Gasteiger partial charge on any atom is -0.465 e. The van der Waals surface area contributed by atoms with Gasteiger partial charge in [-0.05, 0) is 25.1 Å². The molecule has 0 aliphatic carbocycles. The number of rotatable bonds is 4. The Morgan fingerprint density at radius 3 is 2.42 bits per heavy atom. The molecule has 0 aliphatic rings. The quantitative estimate of drug-likeness (QED) is 0.490. The van der Waals surface area contributed by atoms with Crippen molar-refractivity contribution in [1.29, 1.82) is 0 Å². The lowest BCUT2D eigenvalue weighted by Gasteiger charge is -2.23. The fourth-order valence-electron chi connectivity index (χ4n) is 1.91. The van der Waals surface area contributed by atoms with Crippen LogP contribution in [0.2, 0.25) is 10.0 Å². The number of amides is 1. The molecule has 1 N–H and O–H groups in total. The molecule has 1 atom stereocenters. The average molecular weight is 428 g/mol. The molecule has 3 nitrogen and oxygen atoms in total. The summed E-state index contributed by atoms with van der Waals surface area (Å²) in [6, 6.07) is 12.1. The molecule has 0 heterocycles. The molecule has 0 radical (unpaired) electrons. The lowest BCUT2D eigenvalue weighted by Crippen LogP contribution is -2.39. The molecule has 1 amide bonds. The van der Waals surface area contributed by atoms with Crippen LogP contribution in [0.3, 0.4) is 0 Å². The predicted octanol–water partition coefficient (Wildman–Crippen LogP) is 5.87. The van der Waals surface area contributed by atoms with Gasteiger partial charge in [0.15, 0.2) is 6.23 Å². The second kappa shape index (κ2) is 8.03. The predicted molar refractivity (Wildman–Crippen MR) is 99.4 cm³/mol. The number of halogens is 5. The summed E-state index contributed by atoms with van der Waals surface area (Å²) >= 11 is 28.9. The Morgan fingerprint density at radius 2 is 1.83 bits per heavy atom. The third kappa shape index (κ3) is 5.33. The molecular weight excluding hydrogens is 415 g/mol. The van der Waals surface area contributed by atoms with Crippen molar-refractivity contribution in [2.75, 3.05) is 0 Å². The van der Waals surface area contributed by atoms with Gasteiger partial charge in [0, 0.05) is 10.6 Å². The van der Waals surface area contributed by atoms with Gasteiger partial charge in [0.05, 0.1) is 5.02 Å². The lowest BCUT2D eigenvalue weighted by atomic mass is 10.1. The summed E-state index contributed by atoms with van der Waals surface area (Å²) in [7, 11) is 0. The molecule has 0 saturated heterocycles. The van der Waals surface area contributed by atoms with Crippen molar-refractivity contribution in [3.8, 4) is 5.75 Å². The van der Waals surface area contributed by atoms with E-state index in [9.17, 15) is 4.79 Å². The number of nitrogens with one attached hydrogen (secondary N) is 1. The van der Waals surface area contributed by atoms with Gasteiger partial charge in [-0.3, -0.25) is 4.79 Å². The van der Waals surface area contributed by atoms with Crippen LogP contribution in [0.4, 0.5) is 0 Å². The van der Waals surface area contributed by atoms with Crippen molar-refractivity contribution in [3.05, 3.63) is 63.6 Å². The molecule has 0 bridgehead atoms. The molecule has 0 fully saturated rings. The Bertz CT molecular complexity index is 745. The summed E-state index contributed by atoms with van der Waals surface area (Å²) in [6.07, 6.45) is -0.897. The molecule has 1 unspecified atom stereocenters. The Balaban J connectivity index is 2.33. The molecule has 24 heavy (non-hydrogen) atoms. The number of carbonyl (C=O) groups is 1. The van der Waals surface area contributed by atoms with Gasteiger partial charge >= 0.3 is 0 Å². The highest BCUT2D eigenvalue weighted by molar-refractivity contribution is 6.76. The molecule has 0 aromatic heterocycles. The highest BCUT2D eigenvalue weighted by Gasteiger charge is 2.33. The zero-order valence-corrected chi connectivity index (χ0v) is 16.1. The van der Waals surface area contributed by atoms with Crippen LogP contribution < -0.4 is 10.1 Å². The number of alkyl halides is 3. The van der Waals surface area contributed by atoms with Gasteiger partial charge in [0.25, 0.3) is 9.70 Å². The largest absolute Gasteiger partial charge is 0.465 e. The number of aryl methyl sites for hydroxylation is 1. The van der Waals surface area contributed by atoms with Gasteiger partial charge in [-0.1, -0.05) is 87.8 Å². The summed E-state index contributed by atoms with van der Waals surface area (Å²) in [5, 5.41) is 3.30. The summed E-state index contributed by atoms with van der Waals surface area (Å²) < 4.78 is 3.69. The van der Waals surface area contributed by atoms with Crippen LogP contribution in [-0.4, -0.2) is 9.70 Å². The van der Waals surface area contributed by atoms with Crippen LogP contribution in [0.25, 0.3) is 0 Å². The van der Waals surface area contributed by atoms with E-state index in [1.165, 1.54) is 6.07 Å². The average Bonchev–Trinajstić information content (AvgIpc) is 2.48. The second-order valence-electron chi connectivity index (χ2n) is 4.96. The summed E-state index contributed by atoms with van der Waals surface area (Å²) in [6.45, 7) is 1.91. The summed E-state index contributed by atoms with van der Waals surface area (Å²) in [4.78, 5) is 12.0. The van der Waals surface area contributed by atoms with E-state index in [4.69, 9.17) is 62.7 Å². The number of ether oxygens (including phenoxy) is 1. The highest BCUT2D eigenvalue weighted by atomic mass is 35.6. The smallest absolute Gasteiger partial charge is 0.275 e. The Kier molecular flexibility index (Phi) is 6.52. The molecule has 8 heteroatoms. The molecule has 0 spiro atoms. The van der Waals surface area contributed by atoms with E-state index in [0.29, 0.717) is 21.4 Å². The SMILES string of the molecule is Cc1cccc(C(NC(=O)C(Cl)(Cl)Cl)Oc2ccc(Cl)cc2Cl)c1. The topological polar surface area (TPSA) is 38.3 Å². The van der Waals surface area contributed by atoms with Crippen LogP contribution in [-0.2, 0) is 4.79 Å². The van der Waals surface area contributed by atoms with E-state index >= 15 is 0 Å². The van der Waals surface area contributed by atoms with E-state index in [1.807, 2.05) is 25.1 Å². The maximum Gasteiger partial charge on any atom is 0.275 e. The number of carbonyl (C=O) groups excluding carboxylic acids is 1. The maximum absolute atomic E-state index is 12.0. The number of benzene rings is 2. The van der Waals surface area contributed by atoms with Gasteiger partial charge in [0.1, 0.15) is 5.75 Å². The van der Waals surface area contributed by atoms with Crippen molar-refractivity contribution in [2.24, 2.45) is 0 Å². The molecule has 0 saturated carbocycles. The van der Waals surface area contributed by atoms with Crippen LogP contribution in [0, 0.1) is 6.92 Å². The first-order valence-corrected chi connectivity index (χ1v) is 8.62. The van der Waals surface area contributed by atoms with Crippen LogP contribution >= 0.6 is 58.0 Å². The molecule has 2 aromatic rings. The van der Waals surface area contributed by atoms with Crippen molar-refractivity contribution < 1.29 is 9.53 Å². The minimum absolute atomic E-state index is 0.295. The molecular formula is C16H12Cl5NO2. The first-order chi connectivity index (χ1) is 11.2. The van der Waals surface area contributed by atoms with Crippen LogP contribution in [0.15, 0.2) is 42.5 Å². The van der Waals surface area contributed by atoms with Crippen molar-refractivity contribution in [1.82, 2.24) is 5.32 Å². The first-order valence-electron chi connectivity index (χ1n) is 6.73. The standard InChI is InChI=1S/C16H12Cl5NO2/c1-9-3-2-4-10(7-9)14(22-15(23)16(19,20)21)24-13-6-5-11(17)8-12(13)18/h2-8,14H,1H3,(H,22,23). The third-order valence-electron chi connectivity index (χ3n) is 3.00. The van der Waals surface area contributed by atoms with Gasteiger partial charge in [-0.15, -0.1) is 0 Å². The van der Waals surface area contributed by atoms with E-state index in [-0.39, 0.29) is 0 Å². The minimum atomic E-state index is -2.12. The van der Waals surface area contributed by atoms with Gasteiger partial charge < -0.3 is 10.1 Å². The van der Waals surface area contributed by atoms with Crippen molar-refractivity contribution in [2.45, 2.75) is 16.9 Å². The van der Waals surface area contributed by atoms with Crippen LogP contribution in [0.1, 0.15) is 17.4 Å². The van der Waals surface area contributed by atoms with Crippen molar-refractivity contribution >= 4 is 63.9 Å². The Hall–Kier alpha value is -0.840. The highest BCUT2D eigenvalue weighted by Crippen LogP contribution is 2.32. The number of hydrogen-bond acceptors (Lipinski definition) is 2. The lowest BCUT2D eigenvalue weighted by molar-refractivity contribution is -0.122. The van der Waals surface area contributed by atoms with Gasteiger partial charge in [-0.2, -0.15) is 0 Å². The van der Waals surface area contributed by atoms with E-state index in [0.717, 1.165) is 5.56 Å². The number of hydrogen-bond donors (Lipinski definition) is 1. The Labute approximate surface area is 164 Å². The van der Waals surface area contributed by atoms with Gasteiger partial charge in [-0.25, -0.2) is 0 Å². The van der Waals surface area contributed by atoms with Gasteiger partial charge in [0.2, 0.25) is 0 Å². The first kappa shape index (κ1) is 19.5. The molecule has 2 rings (SSSR count). The second-order valence-corrected chi connectivity index (χ2v) is 8.08. The molecule has 128 valence electrons.